The molecule has 0 atom stereocenters. The van der Waals surface area contributed by atoms with Gasteiger partial charge >= 0.3 is 11.9 Å². The minimum Gasteiger partial charge on any atom is -0.465 e. The van der Waals surface area contributed by atoms with Crippen molar-refractivity contribution < 1.29 is 19.1 Å². The van der Waals surface area contributed by atoms with E-state index in [1.54, 1.807) is 6.07 Å². The molecule has 148 valence electrons. The minimum atomic E-state index is -0.654. The zero-order valence-corrected chi connectivity index (χ0v) is 17.5. The SMILES string of the molecule is COC(=O)c1cc(-c2ccc(C)cc2)c(Cl)c(-c2ccc(C)cc2)c1C(=O)OC. The van der Waals surface area contributed by atoms with Crippen molar-refractivity contribution in [1.29, 1.82) is 0 Å². The van der Waals surface area contributed by atoms with Gasteiger partial charge in [0.1, 0.15) is 0 Å². The van der Waals surface area contributed by atoms with Crippen LogP contribution in [0.3, 0.4) is 0 Å². The summed E-state index contributed by atoms with van der Waals surface area (Å²) >= 11 is 6.82. The Kier molecular flexibility index (Phi) is 6.04. The minimum absolute atomic E-state index is 0.0871. The number of aryl methyl sites for hydroxylation is 2. The molecule has 0 aliphatic rings. The number of esters is 2. The first-order chi connectivity index (χ1) is 13.9. The van der Waals surface area contributed by atoms with Gasteiger partial charge in [0.25, 0.3) is 0 Å². The molecule has 0 spiro atoms. The van der Waals surface area contributed by atoms with E-state index in [9.17, 15) is 9.59 Å². The van der Waals surface area contributed by atoms with Crippen LogP contribution >= 0.6 is 11.6 Å². The van der Waals surface area contributed by atoms with Crippen molar-refractivity contribution >= 4 is 23.5 Å². The third-order valence-corrected chi connectivity index (χ3v) is 5.15. The molecule has 4 nitrogen and oxygen atoms in total. The largest absolute Gasteiger partial charge is 0.465 e. The molecule has 0 N–H and O–H groups in total. The second-order valence-corrected chi connectivity index (χ2v) is 7.13. The lowest BCUT2D eigenvalue weighted by Crippen LogP contribution is -2.14. The van der Waals surface area contributed by atoms with Crippen molar-refractivity contribution in [2.75, 3.05) is 14.2 Å². The summed E-state index contributed by atoms with van der Waals surface area (Å²) < 4.78 is 9.91. The Labute approximate surface area is 175 Å². The molecule has 0 unspecified atom stereocenters. The van der Waals surface area contributed by atoms with E-state index in [0.717, 1.165) is 16.7 Å². The first kappa shape index (κ1) is 20.6. The number of ether oxygens (including phenoxy) is 2. The zero-order chi connectivity index (χ0) is 21.1. The van der Waals surface area contributed by atoms with Crippen molar-refractivity contribution in [2.45, 2.75) is 13.8 Å². The highest BCUT2D eigenvalue weighted by molar-refractivity contribution is 6.37. The van der Waals surface area contributed by atoms with Gasteiger partial charge in [0.2, 0.25) is 0 Å². The van der Waals surface area contributed by atoms with Crippen LogP contribution in [0.1, 0.15) is 31.8 Å². The maximum atomic E-state index is 12.7. The highest BCUT2D eigenvalue weighted by Crippen LogP contribution is 2.41. The van der Waals surface area contributed by atoms with Gasteiger partial charge < -0.3 is 9.47 Å². The number of benzene rings is 3. The van der Waals surface area contributed by atoms with Crippen LogP contribution < -0.4 is 0 Å². The van der Waals surface area contributed by atoms with Gasteiger partial charge in [-0.25, -0.2) is 9.59 Å². The highest BCUT2D eigenvalue weighted by Gasteiger charge is 2.28. The molecule has 3 aromatic rings. The van der Waals surface area contributed by atoms with Gasteiger partial charge in [0.05, 0.1) is 30.4 Å². The molecular formula is C24H21ClO4. The van der Waals surface area contributed by atoms with Gasteiger partial charge in [-0.2, -0.15) is 0 Å². The molecule has 0 aromatic heterocycles. The van der Waals surface area contributed by atoms with E-state index in [1.807, 2.05) is 62.4 Å². The summed E-state index contributed by atoms with van der Waals surface area (Å²) in [4.78, 5) is 25.2. The summed E-state index contributed by atoms with van der Waals surface area (Å²) in [6.07, 6.45) is 0. The summed E-state index contributed by atoms with van der Waals surface area (Å²) in [7, 11) is 2.54. The van der Waals surface area contributed by atoms with Crippen molar-refractivity contribution in [3.05, 3.63) is 81.9 Å². The Hall–Kier alpha value is -3.11. The summed E-state index contributed by atoms with van der Waals surface area (Å²) in [6.45, 7) is 3.96. The number of rotatable bonds is 4. The Morgan fingerprint density at radius 3 is 1.72 bits per heavy atom. The fraction of sp³-hybridized carbons (Fsp3) is 0.167. The smallest absolute Gasteiger partial charge is 0.339 e. The Bertz CT molecular complexity index is 1070. The molecule has 3 rings (SSSR count). The van der Waals surface area contributed by atoms with Gasteiger partial charge in [-0.05, 0) is 31.0 Å². The molecule has 0 bridgehead atoms. The van der Waals surface area contributed by atoms with Gasteiger partial charge in [-0.1, -0.05) is 71.3 Å². The van der Waals surface area contributed by atoms with E-state index in [0.29, 0.717) is 21.7 Å². The molecule has 0 heterocycles. The van der Waals surface area contributed by atoms with Crippen molar-refractivity contribution in [3.8, 4) is 22.3 Å². The maximum absolute atomic E-state index is 12.7. The Morgan fingerprint density at radius 1 is 0.759 bits per heavy atom. The lowest BCUT2D eigenvalue weighted by Gasteiger charge is -2.18. The monoisotopic (exact) mass is 408 g/mol. The molecule has 0 saturated carbocycles. The van der Waals surface area contributed by atoms with E-state index >= 15 is 0 Å². The van der Waals surface area contributed by atoms with E-state index in [-0.39, 0.29) is 11.1 Å². The fourth-order valence-electron chi connectivity index (χ4n) is 3.18. The van der Waals surface area contributed by atoms with Crippen LogP contribution in [0.5, 0.6) is 0 Å². The van der Waals surface area contributed by atoms with E-state index in [2.05, 4.69) is 0 Å². The van der Waals surface area contributed by atoms with Gasteiger partial charge in [-0.3, -0.25) is 0 Å². The molecule has 0 aliphatic carbocycles. The summed E-state index contributed by atoms with van der Waals surface area (Å²) in [6, 6.07) is 16.9. The molecule has 3 aromatic carbocycles. The normalized spacial score (nSPS) is 10.5. The summed E-state index contributed by atoms with van der Waals surface area (Å²) in [5.74, 6) is -1.29. The van der Waals surface area contributed by atoms with Crippen LogP contribution in [-0.2, 0) is 9.47 Å². The Balaban J connectivity index is 2.42. The second kappa shape index (κ2) is 8.50. The summed E-state index contributed by atoms with van der Waals surface area (Å²) in [5.41, 5.74) is 4.97. The number of carbonyl (C=O) groups excluding carboxylic acids is 2. The molecule has 0 aliphatic heterocycles. The first-order valence-electron chi connectivity index (χ1n) is 9.04. The van der Waals surface area contributed by atoms with Crippen molar-refractivity contribution in [2.24, 2.45) is 0 Å². The quantitative estimate of drug-likeness (QED) is 0.507. The van der Waals surface area contributed by atoms with Gasteiger partial charge in [0, 0.05) is 11.1 Å². The fourth-order valence-corrected chi connectivity index (χ4v) is 3.55. The van der Waals surface area contributed by atoms with Crippen LogP contribution in [0.15, 0.2) is 54.6 Å². The average Bonchev–Trinajstić information content (AvgIpc) is 2.73. The molecule has 0 radical (unpaired) electrons. The third-order valence-electron chi connectivity index (χ3n) is 4.76. The van der Waals surface area contributed by atoms with Crippen LogP contribution in [0.2, 0.25) is 5.02 Å². The highest BCUT2D eigenvalue weighted by atomic mass is 35.5. The lowest BCUT2D eigenvalue weighted by molar-refractivity contribution is 0.0556. The standard InChI is InChI=1S/C24H21ClO4/c1-14-5-9-16(10-6-14)18-13-19(23(26)28-3)21(24(27)29-4)20(22(18)25)17-11-7-15(2)8-12-17/h5-13H,1-4H3. The van der Waals surface area contributed by atoms with Crippen LogP contribution in [0.4, 0.5) is 0 Å². The van der Waals surface area contributed by atoms with Crippen molar-refractivity contribution in [3.63, 3.8) is 0 Å². The van der Waals surface area contributed by atoms with Crippen LogP contribution in [-0.4, -0.2) is 26.2 Å². The van der Waals surface area contributed by atoms with Crippen LogP contribution in [0, 0.1) is 13.8 Å². The lowest BCUT2D eigenvalue weighted by atomic mass is 9.89. The van der Waals surface area contributed by atoms with E-state index in [1.165, 1.54) is 14.2 Å². The van der Waals surface area contributed by atoms with Crippen molar-refractivity contribution in [1.82, 2.24) is 0 Å². The predicted octanol–water partition coefficient (Wildman–Crippen LogP) is 5.86. The number of halogens is 1. The number of hydrogen-bond donors (Lipinski definition) is 0. The number of carbonyl (C=O) groups is 2. The van der Waals surface area contributed by atoms with E-state index < -0.39 is 11.9 Å². The van der Waals surface area contributed by atoms with Gasteiger partial charge in [-0.15, -0.1) is 0 Å². The zero-order valence-electron chi connectivity index (χ0n) is 16.7. The van der Waals surface area contributed by atoms with Crippen LogP contribution in [0.25, 0.3) is 22.3 Å². The molecule has 0 amide bonds. The van der Waals surface area contributed by atoms with Gasteiger partial charge in [0.15, 0.2) is 0 Å². The average molecular weight is 409 g/mol. The molecule has 5 heteroatoms. The molecule has 29 heavy (non-hydrogen) atoms. The third kappa shape index (κ3) is 4.03. The predicted molar refractivity (Wildman–Crippen MR) is 114 cm³/mol. The Morgan fingerprint density at radius 2 is 1.24 bits per heavy atom. The second-order valence-electron chi connectivity index (χ2n) is 6.75. The number of hydrogen-bond acceptors (Lipinski definition) is 4. The van der Waals surface area contributed by atoms with E-state index in [4.69, 9.17) is 21.1 Å². The topological polar surface area (TPSA) is 52.6 Å². The summed E-state index contributed by atoms with van der Waals surface area (Å²) in [5, 5.41) is 0.366. The first-order valence-corrected chi connectivity index (χ1v) is 9.42. The molecule has 0 fully saturated rings. The molecular weight excluding hydrogens is 388 g/mol. The number of methoxy groups -OCH3 is 2. The maximum Gasteiger partial charge on any atom is 0.339 e. The molecule has 0 saturated heterocycles.